The number of carbonyl (C=O) groups excluding carboxylic acids is 1. The second-order valence-corrected chi connectivity index (χ2v) is 5.24. The predicted molar refractivity (Wildman–Crippen MR) is 75.0 cm³/mol. The fourth-order valence-corrected chi connectivity index (χ4v) is 2.46. The van der Waals surface area contributed by atoms with Crippen LogP contribution in [0.2, 0.25) is 0 Å². The minimum Gasteiger partial charge on any atom is -0.326 e. The molecule has 94 valence electrons. The summed E-state index contributed by atoms with van der Waals surface area (Å²) in [5.41, 5.74) is 3.02. The van der Waals surface area contributed by atoms with Crippen LogP contribution in [0.25, 0.3) is 0 Å². The van der Waals surface area contributed by atoms with E-state index in [0.717, 1.165) is 22.0 Å². The van der Waals surface area contributed by atoms with Gasteiger partial charge in [-0.05, 0) is 31.5 Å². The molecule has 2 aromatic rings. The van der Waals surface area contributed by atoms with Gasteiger partial charge in [0, 0.05) is 29.6 Å². The molecule has 1 aromatic carbocycles. The molecule has 0 radical (unpaired) electrons. The topological polar surface area (TPSA) is 42.0 Å². The summed E-state index contributed by atoms with van der Waals surface area (Å²) < 4.78 is 0. The molecule has 3 nitrogen and oxygen atoms in total. The average Bonchev–Trinajstić information content (AvgIpc) is 2.73. The van der Waals surface area contributed by atoms with Gasteiger partial charge in [0.05, 0.1) is 5.01 Å². The minimum atomic E-state index is 0.0356. The Labute approximate surface area is 111 Å². The van der Waals surface area contributed by atoms with Crippen molar-refractivity contribution in [2.75, 3.05) is 5.32 Å². The van der Waals surface area contributed by atoms with Gasteiger partial charge in [-0.1, -0.05) is 12.1 Å². The fourth-order valence-electron chi connectivity index (χ4n) is 1.68. The zero-order valence-corrected chi connectivity index (χ0v) is 11.4. The van der Waals surface area contributed by atoms with Gasteiger partial charge in [-0.25, -0.2) is 4.98 Å². The van der Waals surface area contributed by atoms with Crippen LogP contribution in [0.3, 0.4) is 0 Å². The van der Waals surface area contributed by atoms with E-state index in [0.29, 0.717) is 12.8 Å². The fraction of sp³-hybridized carbons (Fsp3) is 0.286. The summed E-state index contributed by atoms with van der Waals surface area (Å²) >= 11 is 1.61. The molecule has 1 N–H and O–H groups in total. The van der Waals surface area contributed by atoms with Crippen LogP contribution in [0, 0.1) is 13.8 Å². The lowest BCUT2D eigenvalue weighted by molar-refractivity contribution is -0.116. The van der Waals surface area contributed by atoms with E-state index in [9.17, 15) is 4.79 Å². The largest absolute Gasteiger partial charge is 0.326 e. The molecular formula is C14H16N2OS. The van der Waals surface area contributed by atoms with Crippen LogP contribution in [0.1, 0.15) is 22.7 Å². The van der Waals surface area contributed by atoms with Crippen LogP contribution in [0.4, 0.5) is 5.69 Å². The van der Waals surface area contributed by atoms with Crippen molar-refractivity contribution in [3.63, 3.8) is 0 Å². The molecule has 4 heteroatoms. The summed E-state index contributed by atoms with van der Waals surface area (Å²) in [4.78, 5) is 16.1. The number of hydrogen-bond acceptors (Lipinski definition) is 3. The Morgan fingerprint density at radius 3 is 2.89 bits per heavy atom. The highest BCUT2D eigenvalue weighted by Crippen LogP contribution is 2.13. The predicted octanol–water partition coefficient (Wildman–Crippen LogP) is 3.33. The average molecular weight is 260 g/mol. The lowest BCUT2D eigenvalue weighted by atomic mass is 10.2. The van der Waals surface area contributed by atoms with E-state index in [1.54, 1.807) is 11.3 Å². The normalized spacial score (nSPS) is 10.3. The first-order valence-corrected chi connectivity index (χ1v) is 6.79. The van der Waals surface area contributed by atoms with Crippen LogP contribution in [0.15, 0.2) is 29.6 Å². The van der Waals surface area contributed by atoms with Crippen molar-refractivity contribution in [1.82, 2.24) is 4.98 Å². The number of aromatic nitrogens is 1. The number of amides is 1. The van der Waals surface area contributed by atoms with E-state index >= 15 is 0 Å². The maximum absolute atomic E-state index is 11.8. The number of carbonyl (C=O) groups is 1. The van der Waals surface area contributed by atoms with Crippen molar-refractivity contribution in [2.24, 2.45) is 0 Å². The van der Waals surface area contributed by atoms with Gasteiger partial charge in [0.1, 0.15) is 0 Å². The van der Waals surface area contributed by atoms with E-state index < -0.39 is 0 Å². The molecule has 1 amide bonds. The van der Waals surface area contributed by atoms with Gasteiger partial charge >= 0.3 is 0 Å². The van der Waals surface area contributed by atoms with Gasteiger partial charge in [-0.2, -0.15) is 0 Å². The maximum Gasteiger partial charge on any atom is 0.224 e. The molecule has 0 bridgehead atoms. The number of hydrogen-bond donors (Lipinski definition) is 1. The van der Waals surface area contributed by atoms with Gasteiger partial charge in [0.25, 0.3) is 0 Å². The molecule has 18 heavy (non-hydrogen) atoms. The number of anilines is 1. The molecule has 0 saturated carbocycles. The van der Waals surface area contributed by atoms with Crippen LogP contribution in [-0.2, 0) is 11.2 Å². The van der Waals surface area contributed by atoms with E-state index in [1.807, 2.05) is 43.5 Å². The summed E-state index contributed by atoms with van der Waals surface area (Å²) in [6, 6.07) is 7.81. The second kappa shape index (κ2) is 5.78. The number of rotatable bonds is 4. The molecule has 0 unspecified atom stereocenters. The van der Waals surface area contributed by atoms with E-state index in [2.05, 4.69) is 10.3 Å². The maximum atomic E-state index is 11.8. The van der Waals surface area contributed by atoms with Crippen molar-refractivity contribution >= 4 is 22.9 Å². The summed E-state index contributed by atoms with van der Waals surface area (Å²) in [7, 11) is 0. The lowest BCUT2D eigenvalue weighted by Crippen LogP contribution is -2.12. The highest BCUT2D eigenvalue weighted by molar-refractivity contribution is 7.09. The Hall–Kier alpha value is -1.68. The van der Waals surface area contributed by atoms with Crippen LogP contribution in [0.5, 0.6) is 0 Å². The van der Waals surface area contributed by atoms with E-state index in [-0.39, 0.29) is 5.91 Å². The number of thiazole rings is 1. The molecule has 2 rings (SSSR count). The lowest BCUT2D eigenvalue weighted by Gasteiger charge is -2.05. The molecule has 0 aliphatic rings. The molecule has 0 aliphatic heterocycles. The van der Waals surface area contributed by atoms with Gasteiger partial charge in [0.15, 0.2) is 0 Å². The first-order chi connectivity index (χ1) is 8.63. The Bertz CT molecular complexity index is 548. The Balaban J connectivity index is 1.85. The van der Waals surface area contributed by atoms with Crippen molar-refractivity contribution in [2.45, 2.75) is 26.7 Å². The zero-order valence-electron chi connectivity index (χ0n) is 10.6. The first-order valence-electron chi connectivity index (χ1n) is 5.91. The van der Waals surface area contributed by atoms with Crippen molar-refractivity contribution in [3.8, 4) is 0 Å². The number of nitrogens with one attached hydrogen (secondary N) is 1. The van der Waals surface area contributed by atoms with Gasteiger partial charge in [-0.3, -0.25) is 4.79 Å². The third-order valence-electron chi connectivity index (χ3n) is 2.53. The summed E-state index contributed by atoms with van der Waals surface area (Å²) in [6.45, 7) is 3.97. The summed E-state index contributed by atoms with van der Waals surface area (Å²) in [6.07, 6.45) is 1.18. The van der Waals surface area contributed by atoms with E-state index in [4.69, 9.17) is 0 Å². The number of benzene rings is 1. The SMILES string of the molecule is Cc1cccc(NC(=O)CCc2nc(C)cs2)c1. The standard InChI is InChI=1S/C14H16N2OS/c1-10-4-3-5-12(8-10)16-13(17)6-7-14-15-11(2)9-18-14/h3-5,8-9H,6-7H2,1-2H3,(H,16,17). The van der Waals surface area contributed by atoms with Crippen LogP contribution in [-0.4, -0.2) is 10.9 Å². The molecule has 0 spiro atoms. The third kappa shape index (κ3) is 3.67. The highest BCUT2D eigenvalue weighted by Gasteiger charge is 2.05. The van der Waals surface area contributed by atoms with Gasteiger partial charge in [-0.15, -0.1) is 11.3 Å². The quantitative estimate of drug-likeness (QED) is 0.916. The molecule has 1 aromatic heterocycles. The molecule has 0 atom stereocenters. The number of nitrogens with zero attached hydrogens (tertiary/aromatic N) is 1. The Morgan fingerprint density at radius 1 is 1.39 bits per heavy atom. The highest BCUT2D eigenvalue weighted by atomic mass is 32.1. The zero-order chi connectivity index (χ0) is 13.0. The van der Waals surface area contributed by atoms with Crippen molar-refractivity contribution < 1.29 is 4.79 Å². The van der Waals surface area contributed by atoms with Gasteiger partial charge in [0.2, 0.25) is 5.91 Å². The molecule has 0 saturated heterocycles. The van der Waals surface area contributed by atoms with Gasteiger partial charge < -0.3 is 5.32 Å². The first kappa shape index (κ1) is 12.8. The van der Waals surface area contributed by atoms with Crippen LogP contribution < -0.4 is 5.32 Å². The molecule has 0 fully saturated rings. The second-order valence-electron chi connectivity index (χ2n) is 4.30. The Morgan fingerprint density at radius 2 is 2.22 bits per heavy atom. The smallest absolute Gasteiger partial charge is 0.224 e. The Kier molecular flexibility index (Phi) is 4.10. The van der Waals surface area contributed by atoms with E-state index in [1.165, 1.54) is 0 Å². The van der Waals surface area contributed by atoms with Crippen molar-refractivity contribution in [3.05, 3.63) is 45.9 Å². The van der Waals surface area contributed by atoms with Crippen molar-refractivity contribution in [1.29, 1.82) is 0 Å². The molecule has 0 aliphatic carbocycles. The molecular weight excluding hydrogens is 244 g/mol. The number of aryl methyl sites for hydroxylation is 3. The summed E-state index contributed by atoms with van der Waals surface area (Å²) in [5.74, 6) is 0.0356. The third-order valence-corrected chi connectivity index (χ3v) is 3.56. The monoisotopic (exact) mass is 260 g/mol. The molecule has 1 heterocycles. The summed E-state index contributed by atoms with van der Waals surface area (Å²) in [5, 5.41) is 5.93. The van der Waals surface area contributed by atoms with Crippen LogP contribution >= 0.6 is 11.3 Å². The minimum absolute atomic E-state index is 0.0356.